The van der Waals surface area contributed by atoms with E-state index in [-0.39, 0.29) is 5.91 Å². The maximum atomic E-state index is 11.8. The van der Waals surface area contributed by atoms with Gasteiger partial charge in [0.05, 0.1) is 11.4 Å². The number of amides is 1. The fraction of sp³-hybridized carbons (Fsp3) is 0.286. The molecule has 1 N–H and O–H groups in total. The van der Waals surface area contributed by atoms with Gasteiger partial charge < -0.3 is 9.84 Å². The first-order valence-electron chi connectivity index (χ1n) is 6.11. The van der Waals surface area contributed by atoms with E-state index in [9.17, 15) is 4.79 Å². The van der Waals surface area contributed by atoms with Crippen LogP contribution < -0.4 is 5.32 Å². The van der Waals surface area contributed by atoms with Crippen LogP contribution >= 0.6 is 27.7 Å². The Morgan fingerprint density at radius 1 is 1.45 bits per heavy atom. The van der Waals surface area contributed by atoms with Gasteiger partial charge in [-0.1, -0.05) is 27.2 Å². The number of hydrogen-bond acceptors (Lipinski definition) is 4. The normalized spacial score (nSPS) is 10.6. The second-order valence-electron chi connectivity index (χ2n) is 4.35. The molecule has 20 heavy (non-hydrogen) atoms. The van der Waals surface area contributed by atoms with Crippen molar-refractivity contribution in [2.75, 3.05) is 11.1 Å². The van der Waals surface area contributed by atoms with Crippen molar-refractivity contribution in [1.82, 2.24) is 5.16 Å². The van der Waals surface area contributed by atoms with Crippen LogP contribution in [0.1, 0.15) is 17.0 Å². The minimum atomic E-state index is -0.0140. The second-order valence-corrected chi connectivity index (χ2v) is 6.26. The van der Waals surface area contributed by atoms with Crippen molar-refractivity contribution in [3.63, 3.8) is 0 Å². The van der Waals surface area contributed by atoms with E-state index in [1.807, 2.05) is 38.1 Å². The summed E-state index contributed by atoms with van der Waals surface area (Å²) in [6.45, 7) is 3.80. The quantitative estimate of drug-likeness (QED) is 0.883. The van der Waals surface area contributed by atoms with Gasteiger partial charge in [-0.3, -0.25) is 4.79 Å². The molecule has 6 heteroatoms. The third-order valence-electron chi connectivity index (χ3n) is 2.77. The van der Waals surface area contributed by atoms with Crippen molar-refractivity contribution >= 4 is 39.3 Å². The smallest absolute Gasteiger partial charge is 0.234 e. The van der Waals surface area contributed by atoms with E-state index >= 15 is 0 Å². The Morgan fingerprint density at radius 2 is 2.25 bits per heavy atom. The summed E-state index contributed by atoms with van der Waals surface area (Å²) in [7, 11) is 0. The van der Waals surface area contributed by atoms with Crippen molar-refractivity contribution < 1.29 is 9.32 Å². The van der Waals surface area contributed by atoms with Crippen LogP contribution in [-0.2, 0) is 10.5 Å². The summed E-state index contributed by atoms with van der Waals surface area (Å²) in [5.74, 6) is 1.94. The zero-order valence-electron chi connectivity index (χ0n) is 11.3. The lowest BCUT2D eigenvalue weighted by Crippen LogP contribution is -2.14. The molecule has 0 aliphatic carbocycles. The highest BCUT2D eigenvalue weighted by molar-refractivity contribution is 9.10. The topological polar surface area (TPSA) is 55.1 Å². The Balaban J connectivity index is 1.81. The molecule has 0 bridgehead atoms. The molecule has 1 aromatic heterocycles. The lowest BCUT2D eigenvalue weighted by molar-refractivity contribution is -0.113. The van der Waals surface area contributed by atoms with Crippen LogP contribution in [0.4, 0.5) is 5.69 Å². The monoisotopic (exact) mass is 354 g/mol. The molecular weight excluding hydrogens is 340 g/mol. The molecule has 1 aromatic carbocycles. The third-order valence-corrected chi connectivity index (χ3v) is 4.22. The number of benzene rings is 1. The number of carbonyl (C=O) groups is 1. The van der Waals surface area contributed by atoms with Crippen LogP contribution in [0, 0.1) is 13.8 Å². The van der Waals surface area contributed by atoms with Crippen LogP contribution in [0.3, 0.4) is 0 Å². The van der Waals surface area contributed by atoms with Crippen molar-refractivity contribution in [2.24, 2.45) is 0 Å². The van der Waals surface area contributed by atoms with E-state index in [0.717, 1.165) is 32.9 Å². The molecule has 0 fully saturated rings. The molecule has 0 aliphatic rings. The van der Waals surface area contributed by atoms with Gasteiger partial charge in [0, 0.05) is 21.5 Å². The first kappa shape index (κ1) is 15.1. The average molecular weight is 355 g/mol. The molecule has 1 amide bonds. The Hall–Kier alpha value is -1.27. The molecule has 0 atom stereocenters. The number of halogens is 1. The molecule has 0 spiro atoms. The number of thioether (sulfide) groups is 1. The van der Waals surface area contributed by atoms with Crippen LogP contribution in [-0.4, -0.2) is 16.8 Å². The van der Waals surface area contributed by atoms with E-state index < -0.39 is 0 Å². The first-order chi connectivity index (χ1) is 9.56. The molecule has 4 nitrogen and oxygen atoms in total. The van der Waals surface area contributed by atoms with Gasteiger partial charge in [0.1, 0.15) is 5.76 Å². The molecular formula is C14H15BrN2O2S. The zero-order chi connectivity index (χ0) is 14.5. The van der Waals surface area contributed by atoms with Crippen molar-refractivity contribution in [2.45, 2.75) is 19.6 Å². The molecule has 0 radical (unpaired) electrons. The standard InChI is InChI=1S/C14H15BrN2O2S/c1-9-13(10(2)19-17-9)7-20-8-14(18)16-12-5-3-4-11(15)6-12/h3-6H,7-8H2,1-2H3,(H,16,18). The molecule has 0 saturated carbocycles. The summed E-state index contributed by atoms with van der Waals surface area (Å²) in [4.78, 5) is 11.8. The molecule has 1 heterocycles. The van der Waals surface area contributed by atoms with Gasteiger partial charge in [-0.05, 0) is 32.0 Å². The fourth-order valence-corrected chi connectivity index (χ4v) is 3.09. The molecule has 0 aliphatic heterocycles. The van der Waals surface area contributed by atoms with Gasteiger partial charge in [-0.2, -0.15) is 0 Å². The molecule has 2 rings (SSSR count). The first-order valence-corrected chi connectivity index (χ1v) is 8.06. The summed E-state index contributed by atoms with van der Waals surface area (Å²) >= 11 is 4.92. The van der Waals surface area contributed by atoms with Gasteiger partial charge >= 0.3 is 0 Å². The minimum Gasteiger partial charge on any atom is -0.361 e. The number of carbonyl (C=O) groups excluding carboxylic acids is 1. The number of aromatic nitrogens is 1. The largest absolute Gasteiger partial charge is 0.361 e. The van der Waals surface area contributed by atoms with Crippen LogP contribution in [0.15, 0.2) is 33.3 Å². The Labute approximate surface area is 130 Å². The predicted octanol–water partition coefficient (Wildman–Crippen LogP) is 3.93. The Kier molecular flexibility index (Phi) is 5.25. The lowest BCUT2D eigenvalue weighted by atomic mass is 10.2. The highest BCUT2D eigenvalue weighted by atomic mass is 79.9. The maximum absolute atomic E-state index is 11.8. The number of aryl methyl sites for hydroxylation is 2. The van der Waals surface area contributed by atoms with Crippen molar-refractivity contribution in [3.8, 4) is 0 Å². The van der Waals surface area contributed by atoms with Crippen LogP contribution in [0.5, 0.6) is 0 Å². The zero-order valence-corrected chi connectivity index (χ0v) is 13.7. The number of rotatable bonds is 5. The number of nitrogens with one attached hydrogen (secondary N) is 1. The summed E-state index contributed by atoms with van der Waals surface area (Å²) in [6.07, 6.45) is 0. The minimum absolute atomic E-state index is 0.0140. The summed E-state index contributed by atoms with van der Waals surface area (Å²) in [6, 6.07) is 7.54. The number of anilines is 1. The maximum Gasteiger partial charge on any atom is 0.234 e. The summed E-state index contributed by atoms with van der Waals surface area (Å²) in [5, 5.41) is 6.76. The lowest BCUT2D eigenvalue weighted by Gasteiger charge is -2.05. The highest BCUT2D eigenvalue weighted by Gasteiger charge is 2.10. The van der Waals surface area contributed by atoms with Gasteiger partial charge in [0.25, 0.3) is 0 Å². The SMILES string of the molecule is Cc1noc(C)c1CSCC(=O)Nc1cccc(Br)c1. The fourth-order valence-electron chi connectivity index (χ4n) is 1.72. The molecule has 0 saturated heterocycles. The summed E-state index contributed by atoms with van der Waals surface area (Å²) < 4.78 is 6.04. The van der Waals surface area contributed by atoms with Crippen LogP contribution in [0.25, 0.3) is 0 Å². The van der Waals surface area contributed by atoms with Gasteiger partial charge in [-0.25, -0.2) is 0 Å². The molecule has 106 valence electrons. The van der Waals surface area contributed by atoms with Gasteiger partial charge in [0.15, 0.2) is 0 Å². The second kappa shape index (κ2) is 6.95. The number of hydrogen-bond donors (Lipinski definition) is 1. The van der Waals surface area contributed by atoms with E-state index in [1.165, 1.54) is 0 Å². The van der Waals surface area contributed by atoms with Crippen molar-refractivity contribution in [1.29, 1.82) is 0 Å². The number of nitrogens with zero attached hydrogens (tertiary/aromatic N) is 1. The van der Waals surface area contributed by atoms with Gasteiger partial charge in [-0.15, -0.1) is 11.8 Å². The van der Waals surface area contributed by atoms with Crippen molar-refractivity contribution in [3.05, 3.63) is 45.8 Å². The average Bonchev–Trinajstić information content (AvgIpc) is 2.70. The van der Waals surface area contributed by atoms with E-state index in [4.69, 9.17) is 4.52 Å². The van der Waals surface area contributed by atoms with E-state index in [2.05, 4.69) is 26.4 Å². The van der Waals surface area contributed by atoms with E-state index in [1.54, 1.807) is 11.8 Å². The van der Waals surface area contributed by atoms with Gasteiger partial charge in [0.2, 0.25) is 5.91 Å². The highest BCUT2D eigenvalue weighted by Crippen LogP contribution is 2.20. The van der Waals surface area contributed by atoms with Crippen LogP contribution in [0.2, 0.25) is 0 Å². The molecule has 2 aromatic rings. The predicted molar refractivity (Wildman–Crippen MR) is 84.9 cm³/mol. The summed E-state index contributed by atoms with van der Waals surface area (Å²) in [5.41, 5.74) is 2.76. The molecule has 0 unspecified atom stereocenters. The van der Waals surface area contributed by atoms with E-state index in [0.29, 0.717) is 5.75 Å². The Morgan fingerprint density at radius 3 is 2.90 bits per heavy atom. The Bertz CT molecular complexity index is 593. The third kappa shape index (κ3) is 4.11.